The minimum Gasteiger partial charge on any atom is -0.493 e. The first kappa shape index (κ1) is 17.7. The molecule has 0 spiro atoms. The number of fused-ring (bicyclic) bond motifs is 1. The molecule has 2 heterocycles. The van der Waals surface area contributed by atoms with Crippen molar-refractivity contribution in [3.05, 3.63) is 50.0 Å². The number of nitrogens with one attached hydrogen (secondary N) is 1. The van der Waals surface area contributed by atoms with Crippen LogP contribution in [0.2, 0.25) is 0 Å². The van der Waals surface area contributed by atoms with Gasteiger partial charge in [-0.15, -0.1) is 11.3 Å². The van der Waals surface area contributed by atoms with Crippen LogP contribution in [0.4, 0.5) is 5.69 Å². The van der Waals surface area contributed by atoms with Crippen LogP contribution < -0.4 is 26.0 Å². The summed E-state index contributed by atoms with van der Waals surface area (Å²) in [6.45, 7) is 0. The van der Waals surface area contributed by atoms with Gasteiger partial charge in [0, 0.05) is 25.8 Å². The minimum absolute atomic E-state index is 0.327. The van der Waals surface area contributed by atoms with E-state index in [4.69, 9.17) is 9.47 Å². The molecule has 0 aliphatic heterocycles. The van der Waals surface area contributed by atoms with Crippen molar-refractivity contribution in [3.63, 3.8) is 0 Å². The average Bonchev–Trinajstić information content (AvgIpc) is 3.10. The van der Waals surface area contributed by atoms with Crippen LogP contribution in [0.1, 0.15) is 9.67 Å². The standard InChI is InChI=1S/C17H17N3O5S/c1-19-15(22)10-8-13(26-16(10)20(2)17(19)23)14(21)18-9-5-6-11(24-3)12(7-9)25-4/h5-8H,1-4H3,(H,18,21). The van der Waals surface area contributed by atoms with E-state index in [1.54, 1.807) is 25.2 Å². The van der Waals surface area contributed by atoms with Crippen LogP contribution in [-0.2, 0) is 14.1 Å². The van der Waals surface area contributed by atoms with Crippen molar-refractivity contribution in [2.24, 2.45) is 14.1 Å². The van der Waals surface area contributed by atoms with Crippen molar-refractivity contribution >= 4 is 33.1 Å². The highest BCUT2D eigenvalue weighted by Gasteiger charge is 2.17. The van der Waals surface area contributed by atoms with Gasteiger partial charge in [-0.3, -0.25) is 18.7 Å². The number of rotatable bonds is 4. The van der Waals surface area contributed by atoms with E-state index in [2.05, 4.69) is 5.32 Å². The fourth-order valence-electron chi connectivity index (χ4n) is 2.58. The van der Waals surface area contributed by atoms with Gasteiger partial charge in [0.15, 0.2) is 11.5 Å². The minimum atomic E-state index is -0.434. The van der Waals surface area contributed by atoms with Gasteiger partial charge in [0.05, 0.1) is 24.5 Å². The van der Waals surface area contributed by atoms with Gasteiger partial charge in [0.25, 0.3) is 11.5 Å². The molecule has 0 atom stereocenters. The maximum absolute atomic E-state index is 12.6. The van der Waals surface area contributed by atoms with E-state index >= 15 is 0 Å². The molecule has 2 aromatic heterocycles. The third kappa shape index (κ3) is 2.86. The molecule has 0 saturated carbocycles. The molecule has 3 rings (SSSR count). The van der Waals surface area contributed by atoms with E-state index in [0.29, 0.717) is 32.3 Å². The molecule has 8 nitrogen and oxygen atoms in total. The highest BCUT2D eigenvalue weighted by Crippen LogP contribution is 2.30. The van der Waals surface area contributed by atoms with E-state index in [-0.39, 0.29) is 5.91 Å². The van der Waals surface area contributed by atoms with Crippen LogP contribution in [0.5, 0.6) is 11.5 Å². The van der Waals surface area contributed by atoms with Crippen molar-refractivity contribution in [2.75, 3.05) is 19.5 Å². The third-order valence-electron chi connectivity index (χ3n) is 3.99. The summed E-state index contributed by atoms with van der Waals surface area (Å²) in [6, 6.07) is 6.50. The second kappa shape index (κ2) is 6.68. The van der Waals surface area contributed by atoms with Crippen molar-refractivity contribution < 1.29 is 14.3 Å². The van der Waals surface area contributed by atoms with E-state index in [0.717, 1.165) is 15.9 Å². The summed E-state index contributed by atoms with van der Waals surface area (Å²) in [5, 5.41) is 3.08. The number of hydrogen-bond acceptors (Lipinski definition) is 6. The number of anilines is 1. The Morgan fingerprint density at radius 2 is 1.73 bits per heavy atom. The molecule has 0 saturated heterocycles. The van der Waals surface area contributed by atoms with Crippen LogP contribution >= 0.6 is 11.3 Å². The smallest absolute Gasteiger partial charge is 0.331 e. The Kier molecular flexibility index (Phi) is 4.56. The number of carbonyl (C=O) groups excluding carboxylic acids is 1. The molecule has 9 heteroatoms. The Labute approximate surface area is 152 Å². The molecule has 3 aromatic rings. The molecule has 0 radical (unpaired) electrons. The fourth-order valence-corrected chi connectivity index (χ4v) is 3.58. The maximum atomic E-state index is 12.6. The molecular formula is C17H17N3O5S. The first-order valence-electron chi connectivity index (χ1n) is 7.60. The third-order valence-corrected chi connectivity index (χ3v) is 5.20. The van der Waals surface area contributed by atoms with Gasteiger partial charge in [-0.1, -0.05) is 0 Å². The number of benzene rings is 1. The lowest BCUT2D eigenvalue weighted by atomic mass is 10.2. The van der Waals surface area contributed by atoms with Gasteiger partial charge in [0.1, 0.15) is 4.83 Å². The van der Waals surface area contributed by atoms with Crippen LogP contribution in [-0.4, -0.2) is 29.3 Å². The zero-order valence-corrected chi connectivity index (χ0v) is 15.5. The Bertz CT molecular complexity index is 1130. The van der Waals surface area contributed by atoms with Crippen molar-refractivity contribution in [1.29, 1.82) is 0 Å². The van der Waals surface area contributed by atoms with Gasteiger partial charge >= 0.3 is 5.69 Å². The number of amides is 1. The van der Waals surface area contributed by atoms with Gasteiger partial charge in [0.2, 0.25) is 0 Å². The van der Waals surface area contributed by atoms with Crippen LogP contribution in [0.3, 0.4) is 0 Å². The number of aryl methyl sites for hydroxylation is 1. The van der Waals surface area contributed by atoms with Crippen molar-refractivity contribution in [1.82, 2.24) is 9.13 Å². The number of carbonyl (C=O) groups is 1. The van der Waals surface area contributed by atoms with Crippen molar-refractivity contribution in [2.45, 2.75) is 0 Å². The zero-order valence-electron chi connectivity index (χ0n) is 14.7. The number of methoxy groups -OCH3 is 2. The molecule has 0 unspecified atom stereocenters. The summed E-state index contributed by atoms with van der Waals surface area (Å²) < 4.78 is 12.8. The summed E-state index contributed by atoms with van der Waals surface area (Å²) in [6.07, 6.45) is 0. The molecular weight excluding hydrogens is 358 g/mol. The summed E-state index contributed by atoms with van der Waals surface area (Å²) in [4.78, 5) is 37.6. The molecule has 1 aromatic carbocycles. The average molecular weight is 375 g/mol. The number of thiophene rings is 1. The molecule has 1 N–H and O–H groups in total. The predicted octanol–water partition coefficient (Wildman–Crippen LogP) is 1.57. The van der Waals surface area contributed by atoms with Crippen LogP contribution in [0.15, 0.2) is 33.9 Å². The molecule has 136 valence electrons. The van der Waals surface area contributed by atoms with E-state index < -0.39 is 11.2 Å². The quantitative estimate of drug-likeness (QED) is 0.747. The number of hydrogen-bond donors (Lipinski definition) is 1. The summed E-state index contributed by atoms with van der Waals surface area (Å²) in [5.41, 5.74) is -0.340. The van der Waals surface area contributed by atoms with Gasteiger partial charge in [-0.2, -0.15) is 0 Å². The van der Waals surface area contributed by atoms with Gasteiger partial charge in [-0.05, 0) is 18.2 Å². The van der Waals surface area contributed by atoms with E-state index in [1.165, 1.54) is 31.9 Å². The first-order chi connectivity index (χ1) is 12.4. The topological polar surface area (TPSA) is 91.6 Å². The van der Waals surface area contributed by atoms with Crippen LogP contribution in [0.25, 0.3) is 10.2 Å². The fraction of sp³-hybridized carbons (Fsp3) is 0.235. The number of nitrogens with zero attached hydrogens (tertiary/aromatic N) is 2. The summed E-state index contributed by atoms with van der Waals surface area (Å²) >= 11 is 1.09. The molecule has 26 heavy (non-hydrogen) atoms. The Morgan fingerprint density at radius 3 is 2.38 bits per heavy atom. The SMILES string of the molecule is COc1ccc(NC(=O)c2cc3c(=O)n(C)c(=O)n(C)c3s2)cc1OC. The first-order valence-corrected chi connectivity index (χ1v) is 8.42. The maximum Gasteiger partial charge on any atom is 0.331 e. The number of ether oxygens (including phenoxy) is 2. The normalized spacial score (nSPS) is 10.8. The van der Waals surface area contributed by atoms with Crippen molar-refractivity contribution in [3.8, 4) is 11.5 Å². The highest BCUT2D eigenvalue weighted by molar-refractivity contribution is 7.20. The molecule has 0 aliphatic carbocycles. The summed E-state index contributed by atoms with van der Waals surface area (Å²) in [7, 11) is 6.01. The second-order valence-electron chi connectivity index (χ2n) is 5.56. The Morgan fingerprint density at radius 1 is 1.04 bits per heavy atom. The Hall–Kier alpha value is -3.07. The predicted molar refractivity (Wildman–Crippen MR) is 99.8 cm³/mol. The summed E-state index contributed by atoms with van der Waals surface area (Å²) in [5.74, 6) is 0.650. The molecule has 0 fully saturated rings. The monoisotopic (exact) mass is 375 g/mol. The van der Waals surface area contributed by atoms with E-state index in [1.807, 2.05) is 0 Å². The lowest BCUT2D eigenvalue weighted by molar-refractivity contribution is 0.103. The molecule has 0 bridgehead atoms. The zero-order chi connectivity index (χ0) is 19.0. The van der Waals surface area contributed by atoms with Gasteiger partial charge in [-0.25, -0.2) is 4.79 Å². The van der Waals surface area contributed by atoms with Crippen LogP contribution in [0, 0.1) is 0 Å². The second-order valence-corrected chi connectivity index (χ2v) is 6.59. The molecule has 0 aliphatic rings. The van der Waals surface area contributed by atoms with E-state index in [9.17, 15) is 14.4 Å². The number of aromatic nitrogens is 2. The highest BCUT2D eigenvalue weighted by atomic mass is 32.1. The Balaban J connectivity index is 1.99. The molecule has 1 amide bonds. The lowest BCUT2D eigenvalue weighted by Gasteiger charge is -2.10. The lowest BCUT2D eigenvalue weighted by Crippen LogP contribution is -2.36. The van der Waals surface area contributed by atoms with Gasteiger partial charge < -0.3 is 14.8 Å². The largest absolute Gasteiger partial charge is 0.493 e.